The van der Waals surface area contributed by atoms with E-state index in [1.54, 1.807) is 23.2 Å². The largest absolute Gasteiger partial charge is 0.348 e. The van der Waals surface area contributed by atoms with E-state index in [0.29, 0.717) is 11.3 Å². The Morgan fingerprint density at radius 3 is 2.68 bits per heavy atom. The van der Waals surface area contributed by atoms with Gasteiger partial charge in [-0.25, -0.2) is 13.5 Å². The summed E-state index contributed by atoms with van der Waals surface area (Å²) >= 11 is 0. The van der Waals surface area contributed by atoms with Crippen LogP contribution in [0.5, 0.6) is 0 Å². The molecule has 0 aliphatic carbocycles. The zero-order chi connectivity index (χ0) is 21.6. The van der Waals surface area contributed by atoms with E-state index in [1.165, 1.54) is 6.08 Å². The Morgan fingerprint density at radius 1 is 1.06 bits per heavy atom. The number of para-hydroxylation sites is 1. The van der Waals surface area contributed by atoms with Crippen LogP contribution in [0.15, 0.2) is 85.3 Å². The van der Waals surface area contributed by atoms with Crippen molar-refractivity contribution in [3.05, 3.63) is 108 Å². The molecule has 31 heavy (non-hydrogen) atoms. The lowest BCUT2D eigenvalue weighted by Crippen LogP contribution is -2.21. The van der Waals surface area contributed by atoms with Gasteiger partial charge in [0.25, 0.3) is 0 Å². The van der Waals surface area contributed by atoms with Gasteiger partial charge in [-0.05, 0) is 48.5 Å². The van der Waals surface area contributed by atoms with Crippen LogP contribution in [0.2, 0.25) is 0 Å². The first-order valence-electron chi connectivity index (χ1n) is 9.55. The lowest BCUT2D eigenvalue weighted by molar-refractivity contribution is -0.116. The maximum Gasteiger partial charge on any atom is 0.244 e. The molecule has 4 aromatic rings. The molecule has 2 aromatic carbocycles. The van der Waals surface area contributed by atoms with E-state index in [1.807, 2.05) is 48.7 Å². The van der Waals surface area contributed by atoms with E-state index in [9.17, 15) is 13.6 Å². The van der Waals surface area contributed by atoms with Gasteiger partial charge >= 0.3 is 0 Å². The fourth-order valence-corrected chi connectivity index (χ4v) is 3.03. The maximum absolute atomic E-state index is 13.7. The van der Waals surface area contributed by atoms with Crippen LogP contribution in [0.3, 0.4) is 0 Å². The molecule has 2 aromatic heterocycles. The molecule has 0 atom stereocenters. The smallest absolute Gasteiger partial charge is 0.244 e. The number of hydrogen-bond donors (Lipinski definition) is 1. The molecule has 0 radical (unpaired) electrons. The summed E-state index contributed by atoms with van der Waals surface area (Å²) in [5, 5.41) is 7.21. The Bertz CT molecular complexity index is 1220. The molecule has 1 amide bonds. The minimum atomic E-state index is -0.575. The van der Waals surface area contributed by atoms with Crippen molar-refractivity contribution in [1.82, 2.24) is 20.1 Å². The van der Waals surface area contributed by atoms with Gasteiger partial charge in [0.2, 0.25) is 5.91 Å². The molecular weight excluding hydrogens is 398 g/mol. The predicted molar refractivity (Wildman–Crippen MR) is 114 cm³/mol. The molecular formula is C24H18F2N4O. The molecule has 0 spiro atoms. The van der Waals surface area contributed by atoms with Crippen LogP contribution in [0.4, 0.5) is 8.78 Å². The van der Waals surface area contributed by atoms with E-state index >= 15 is 0 Å². The van der Waals surface area contributed by atoms with Gasteiger partial charge in [0.05, 0.1) is 5.69 Å². The average molecular weight is 416 g/mol. The predicted octanol–water partition coefficient (Wildman–Crippen LogP) is 4.54. The van der Waals surface area contributed by atoms with Crippen molar-refractivity contribution >= 4 is 12.0 Å². The van der Waals surface area contributed by atoms with Gasteiger partial charge < -0.3 is 5.32 Å². The summed E-state index contributed by atoms with van der Waals surface area (Å²) in [5.74, 6) is -1.57. The van der Waals surface area contributed by atoms with Gasteiger partial charge in [0, 0.05) is 47.9 Å². The third-order valence-corrected chi connectivity index (χ3v) is 4.57. The fraction of sp³-hybridized carbons (Fsp3) is 0.0417. The summed E-state index contributed by atoms with van der Waals surface area (Å²) in [6, 6.07) is 16.4. The van der Waals surface area contributed by atoms with Gasteiger partial charge in [-0.3, -0.25) is 9.78 Å². The first-order chi connectivity index (χ1) is 15.1. The quantitative estimate of drug-likeness (QED) is 0.470. The van der Waals surface area contributed by atoms with Crippen molar-refractivity contribution in [1.29, 1.82) is 0 Å². The Kier molecular flexibility index (Phi) is 5.93. The molecule has 0 saturated carbocycles. The minimum Gasteiger partial charge on any atom is -0.348 e. The van der Waals surface area contributed by atoms with Crippen molar-refractivity contribution < 1.29 is 13.6 Å². The van der Waals surface area contributed by atoms with Crippen molar-refractivity contribution in [2.24, 2.45) is 0 Å². The zero-order valence-electron chi connectivity index (χ0n) is 16.4. The molecule has 1 N–H and O–H groups in total. The van der Waals surface area contributed by atoms with E-state index < -0.39 is 17.5 Å². The van der Waals surface area contributed by atoms with Gasteiger partial charge in [-0.1, -0.05) is 18.2 Å². The second-order valence-corrected chi connectivity index (χ2v) is 6.74. The van der Waals surface area contributed by atoms with Crippen LogP contribution < -0.4 is 5.32 Å². The Hall–Kier alpha value is -4.13. The molecule has 0 bridgehead atoms. The van der Waals surface area contributed by atoms with Gasteiger partial charge in [0.1, 0.15) is 17.3 Å². The lowest BCUT2D eigenvalue weighted by atomic mass is 10.1. The minimum absolute atomic E-state index is 0.0784. The van der Waals surface area contributed by atoms with Crippen LogP contribution in [-0.4, -0.2) is 20.7 Å². The first-order valence-corrected chi connectivity index (χ1v) is 9.55. The summed E-state index contributed by atoms with van der Waals surface area (Å²) < 4.78 is 28.7. The standard InChI is InChI=1S/C24H18F2N4O/c25-20-9-10-22(26)19(13-20)15-28-23(31)11-8-18-16-30(21-6-2-1-3-7-21)29-24(18)17-5-4-12-27-14-17/h1-14,16H,15H2,(H,28,31)/b11-8+. The molecule has 154 valence electrons. The number of hydrogen-bond acceptors (Lipinski definition) is 3. The van der Waals surface area contributed by atoms with E-state index in [4.69, 9.17) is 0 Å². The van der Waals surface area contributed by atoms with Crippen LogP contribution in [-0.2, 0) is 11.3 Å². The lowest BCUT2D eigenvalue weighted by Gasteiger charge is -2.04. The summed E-state index contributed by atoms with van der Waals surface area (Å²) in [6.07, 6.45) is 8.15. The van der Waals surface area contributed by atoms with Crippen molar-refractivity contribution in [2.45, 2.75) is 6.54 Å². The number of benzene rings is 2. The second kappa shape index (κ2) is 9.13. The van der Waals surface area contributed by atoms with E-state index in [0.717, 1.165) is 29.4 Å². The maximum atomic E-state index is 13.7. The number of nitrogens with zero attached hydrogens (tertiary/aromatic N) is 3. The highest BCUT2D eigenvalue weighted by molar-refractivity contribution is 5.92. The number of aromatic nitrogens is 3. The third-order valence-electron chi connectivity index (χ3n) is 4.57. The Labute approximate surface area is 177 Å². The van der Waals surface area contributed by atoms with Crippen molar-refractivity contribution in [3.8, 4) is 16.9 Å². The van der Waals surface area contributed by atoms with Gasteiger partial charge in [-0.15, -0.1) is 0 Å². The molecule has 0 aliphatic rings. The average Bonchev–Trinajstić information content (AvgIpc) is 3.24. The zero-order valence-corrected chi connectivity index (χ0v) is 16.4. The molecule has 0 unspecified atom stereocenters. The van der Waals surface area contributed by atoms with Crippen molar-refractivity contribution in [2.75, 3.05) is 0 Å². The molecule has 5 nitrogen and oxygen atoms in total. The number of rotatable bonds is 6. The summed E-state index contributed by atoms with van der Waals surface area (Å²) in [4.78, 5) is 16.4. The van der Waals surface area contributed by atoms with E-state index in [2.05, 4.69) is 15.4 Å². The highest BCUT2D eigenvalue weighted by Gasteiger charge is 2.11. The molecule has 7 heteroatoms. The number of nitrogens with one attached hydrogen (secondary N) is 1. The number of carbonyl (C=O) groups is 1. The van der Waals surface area contributed by atoms with Crippen LogP contribution in [0, 0.1) is 11.6 Å². The highest BCUT2D eigenvalue weighted by atomic mass is 19.1. The molecule has 0 fully saturated rings. The van der Waals surface area contributed by atoms with Crippen LogP contribution in [0.25, 0.3) is 23.0 Å². The highest BCUT2D eigenvalue weighted by Crippen LogP contribution is 2.24. The second-order valence-electron chi connectivity index (χ2n) is 6.74. The number of halogens is 2. The molecule has 0 saturated heterocycles. The normalized spacial score (nSPS) is 11.0. The summed E-state index contributed by atoms with van der Waals surface area (Å²) in [7, 11) is 0. The van der Waals surface area contributed by atoms with Crippen molar-refractivity contribution in [3.63, 3.8) is 0 Å². The topological polar surface area (TPSA) is 59.8 Å². The third kappa shape index (κ3) is 4.90. The number of carbonyl (C=O) groups excluding carboxylic acids is 1. The van der Waals surface area contributed by atoms with E-state index in [-0.39, 0.29) is 12.1 Å². The summed E-state index contributed by atoms with van der Waals surface area (Å²) in [5.41, 5.74) is 3.13. The Morgan fingerprint density at radius 2 is 1.90 bits per heavy atom. The SMILES string of the molecule is O=C(/C=C/c1cn(-c2ccccc2)nc1-c1cccnc1)NCc1cc(F)ccc1F. The molecule has 2 heterocycles. The van der Waals surface area contributed by atoms with Gasteiger partial charge in [-0.2, -0.15) is 5.10 Å². The number of amides is 1. The summed E-state index contributed by atoms with van der Waals surface area (Å²) in [6.45, 7) is -0.120. The van der Waals surface area contributed by atoms with Crippen LogP contribution in [0.1, 0.15) is 11.1 Å². The monoisotopic (exact) mass is 416 g/mol. The number of pyridine rings is 1. The fourth-order valence-electron chi connectivity index (χ4n) is 3.03. The van der Waals surface area contributed by atoms with Gasteiger partial charge in [0.15, 0.2) is 0 Å². The molecule has 0 aliphatic heterocycles. The molecule has 4 rings (SSSR count). The Balaban J connectivity index is 1.56. The van der Waals surface area contributed by atoms with Crippen LogP contribution >= 0.6 is 0 Å². The first kappa shape index (κ1) is 20.2.